The molecular weight excluding hydrogens is 358 g/mol. The zero-order chi connectivity index (χ0) is 17.7. The monoisotopic (exact) mass is 379 g/mol. The average molecular weight is 380 g/mol. The number of aromatic nitrogens is 1. The molecule has 0 radical (unpaired) electrons. The molecule has 2 aromatic rings. The van der Waals surface area contributed by atoms with E-state index in [1.54, 1.807) is 18.2 Å². The van der Waals surface area contributed by atoms with E-state index in [9.17, 15) is 8.42 Å². The summed E-state index contributed by atoms with van der Waals surface area (Å²) in [6.45, 7) is 0. The summed E-state index contributed by atoms with van der Waals surface area (Å²) >= 11 is 5.80. The number of anilines is 2. The summed E-state index contributed by atoms with van der Waals surface area (Å²) in [5.74, 6) is 0.779. The summed E-state index contributed by atoms with van der Waals surface area (Å²) < 4.78 is 27.2. The van der Waals surface area contributed by atoms with Gasteiger partial charge < -0.3 is 5.32 Å². The largest absolute Gasteiger partial charge is 0.367 e. The van der Waals surface area contributed by atoms with Crippen molar-refractivity contribution in [1.29, 1.82) is 0 Å². The highest BCUT2D eigenvalue weighted by Gasteiger charge is 2.15. The van der Waals surface area contributed by atoms with Crippen LogP contribution in [0.2, 0.25) is 5.02 Å². The predicted molar refractivity (Wildman–Crippen MR) is 102 cm³/mol. The Hall–Kier alpha value is -1.79. The molecule has 7 heteroatoms. The average Bonchev–Trinajstić information content (AvgIpc) is 2.85. The van der Waals surface area contributed by atoms with E-state index in [2.05, 4.69) is 15.0 Å². The molecule has 0 aliphatic heterocycles. The molecule has 134 valence electrons. The van der Waals surface area contributed by atoms with E-state index in [1.807, 2.05) is 6.07 Å². The molecule has 1 aliphatic rings. The Bertz CT molecular complexity index is 784. The van der Waals surface area contributed by atoms with Crippen LogP contribution in [0.3, 0.4) is 0 Å². The van der Waals surface area contributed by atoms with Crippen molar-refractivity contribution in [3.63, 3.8) is 0 Å². The maximum atomic E-state index is 12.4. The second kappa shape index (κ2) is 8.06. The third-order valence-corrected chi connectivity index (χ3v) is 6.00. The number of hydrogen-bond donors (Lipinski definition) is 2. The van der Waals surface area contributed by atoms with Gasteiger partial charge in [0.05, 0.1) is 16.8 Å². The second-order valence-corrected chi connectivity index (χ2v) is 8.44. The van der Waals surface area contributed by atoms with Gasteiger partial charge in [0, 0.05) is 11.1 Å². The number of rotatable bonds is 5. The van der Waals surface area contributed by atoms with E-state index in [4.69, 9.17) is 11.6 Å². The van der Waals surface area contributed by atoms with Crippen LogP contribution in [-0.4, -0.2) is 19.4 Å². The third kappa shape index (κ3) is 5.09. The minimum absolute atomic E-state index is 0.164. The lowest BCUT2D eigenvalue weighted by molar-refractivity contribution is 0.601. The molecule has 0 bridgehead atoms. The van der Waals surface area contributed by atoms with E-state index in [1.165, 1.54) is 44.0 Å². The van der Waals surface area contributed by atoms with Gasteiger partial charge in [-0.1, -0.05) is 37.3 Å². The molecule has 2 N–H and O–H groups in total. The Morgan fingerprint density at radius 3 is 2.24 bits per heavy atom. The first-order valence-electron chi connectivity index (χ1n) is 8.54. The molecule has 1 saturated carbocycles. The van der Waals surface area contributed by atoms with E-state index in [0.717, 1.165) is 18.7 Å². The molecule has 0 saturated heterocycles. The molecule has 1 aromatic carbocycles. The summed E-state index contributed by atoms with van der Waals surface area (Å²) in [5.41, 5.74) is 0.432. The Morgan fingerprint density at radius 1 is 0.960 bits per heavy atom. The van der Waals surface area contributed by atoms with E-state index in [-0.39, 0.29) is 4.90 Å². The first-order valence-corrected chi connectivity index (χ1v) is 10.4. The van der Waals surface area contributed by atoms with Gasteiger partial charge in [0.25, 0.3) is 10.0 Å². The van der Waals surface area contributed by atoms with Crippen molar-refractivity contribution < 1.29 is 8.42 Å². The standard InChI is InChI=1S/C18H22ClN3O2S/c19-14-7-10-17(11-8-14)25(23,24)22-16-9-12-18(20-13-16)21-15-5-3-1-2-4-6-15/h7-13,15,22H,1-6H2,(H,20,21). The number of nitrogens with zero attached hydrogens (tertiary/aromatic N) is 1. The van der Waals surface area contributed by atoms with Gasteiger partial charge in [-0.25, -0.2) is 13.4 Å². The van der Waals surface area contributed by atoms with Crippen LogP contribution in [0.4, 0.5) is 11.5 Å². The first-order chi connectivity index (χ1) is 12.0. The Balaban J connectivity index is 1.64. The highest BCUT2D eigenvalue weighted by atomic mass is 35.5. The van der Waals surface area contributed by atoms with E-state index in [0.29, 0.717) is 16.8 Å². The van der Waals surface area contributed by atoms with Crippen molar-refractivity contribution in [2.24, 2.45) is 0 Å². The summed E-state index contributed by atoms with van der Waals surface area (Å²) in [7, 11) is -3.64. The molecule has 0 amide bonds. The van der Waals surface area contributed by atoms with Gasteiger partial charge in [-0.05, 0) is 49.2 Å². The van der Waals surface area contributed by atoms with Crippen LogP contribution in [0.1, 0.15) is 38.5 Å². The van der Waals surface area contributed by atoms with E-state index < -0.39 is 10.0 Å². The molecule has 3 rings (SSSR count). The summed E-state index contributed by atoms with van der Waals surface area (Å²) in [4.78, 5) is 4.50. The first kappa shape index (κ1) is 18.0. The second-order valence-electron chi connectivity index (χ2n) is 6.32. The van der Waals surface area contributed by atoms with Crippen molar-refractivity contribution >= 4 is 33.1 Å². The zero-order valence-corrected chi connectivity index (χ0v) is 15.5. The number of sulfonamides is 1. The number of benzene rings is 1. The Labute approximate surface area is 153 Å². The minimum Gasteiger partial charge on any atom is -0.367 e. The van der Waals surface area contributed by atoms with Gasteiger partial charge in [-0.15, -0.1) is 0 Å². The number of halogens is 1. The fraction of sp³-hybridized carbons (Fsp3) is 0.389. The molecule has 5 nitrogen and oxygen atoms in total. The van der Waals surface area contributed by atoms with Gasteiger partial charge in [-0.3, -0.25) is 4.72 Å². The van der Waals surface area contributed by atoms with Gasteiger partial charge in [-0.2, -0.15) is 0 Å². The Kier molecular flexibility index (Phi) is 5.81. The molecular formula is C18H22ClN3O2S. The highest BCUT2D eigenvalue weighted by molar-refractivity contribution is 7.92. The van der Waals surface area contributed by atoms with Crippen LogP contribution in [0.5, 0.6) is 0 Å². The number of nitrogens with one attached hydrogen (secondary N) is 2. The van der Waals surface area contributed by atoms with Gasteiger partial charge >= 0.3 is 0 Å². The van der Waals surface area contributed by atoms with Crippen molar-refractivity contribution in [3.8, 4) is 0 Å². The molecule has 1 heterocycles. The molecule has 1 aromatic heterocycles. The molecule has 1 fully saturated rings. The quantitative estimate of drug-likeness (QED) is 0.740. The summed E-state index contributed by atoms with van der Waals surface area (Å²) in [6, 6.07) is 10.0. The molecule has 0 atom stereocenters. The summed E-state index contributed by atoms with van der Waals surface area (Å²) in [5, 5.41) is 3.94. The van der Waals surface area contributed by atoms with Crippen LogP contribution in [0, 0.1) is 0 Å². The van der Waals surface area contributed by atoms with Gasteiger partial charge in [0.15, 0.2) is 0 Å². The number of pyridine rings is 1. The van der Waals surface area contributed by atoms with Crippen LogP contribution in [0.15, 0.2) is 47.5 Å². The van der Waals surface area contributed by atoms with Crippen LogP contribution >= 0.6 is 11.6 Å². The summed E-state index contributed by atoms with van der Waals surface area (Å²) in [6.07, 6.45) is 8.95. The lowest BCUT2D eigenvalue weighted by atomic mass is 10.1. The maximum Gasteiger partial charge on any atom is 0.261 e. The topological polar surface area (TPSA) is 71.1 Å². The highest BCUT2D eigenvalue weighted by Crippen LogP contribution is 2.22. The van der Waals surface area contributed by atoms with Gasteiger partial charge in [0.1, 0.15) is 5.82 Å². The van der Waals surface area contributed by atoms with Crippen molar-refractivity contribution in [1.82, 2.24) is 4.98 Å². The maximum absolute atomic E-state index is 12.4. The fourth-order valence-electron chi connectivity index (χ4n) is 3.00. The van der Waals surface area contributed by atoms with E-state index >= 15 is 0 Å². The Morgan fingerprint density at radius 2 is 1.64 bits per heavy atom. The lowest BCUT2D eigenvalue weighted by Crippen LogP contribution is -2.19. The normalized spacial score (nSPS) is 16.2. The fourth-order valence-corrected chi connectivity index (χ4v) is 4.17. The SMILES string of the molecule is O=S(=O)(Nc1ccc(NC2CCCCCC2)nc1)c1ccc(Cl)cc1. The lowest BCUT2D eigenvalue weighted by Gasteiger charge is -2.17. The minimum atomic E-state index is -3.64. The van der Waals surface area contributed by atoms with Crippen molar-refractivity contribution in [2.75, 3.05) is 10.0 Å². The van der Waals surface area contributed by atoms with Crippen LogP contribution < -0.4 is 10.0 Å². The third-order valence-electron chi connectivity index (χ3n) is 4.35. The smallest absolute Gasteiger partial charge is 0.261 e. The van der Waals surface area contributed by atoms with Crippen LogP contribution in [0.25, 0.3) is 0 Å². The zero-order valence-electron chi connectivity index (χ0n) is 13.9. The molecule has 1 aliphatic carbocycles. The van der Waals surface area contributed by atoms with Crippen molar-refractivity contribution in [2.45, 2.75) is 49.5 Å². The predicted octanol–water partition coefficient (Wildman–Crippen LogP) is 4.67. The van der Waals surface area contributed by atoms with Crippen LogP contribution in [-0.2, 0) is 10.0 Å². The van der Waals surface area contributed by atoms with Gasteiger partial charge in [0.2, 0.25) is 0 Å². The molecule has 0 unspecified atom stereocenters. The number of hydrogen-bond acceptors (Lipinski definition) is 4. The molecule has 25 heavy (non-hydrogen) atoms. The molecule has 0 spiro atoms. The van der Waals surface area contributed by atoms with Crippen molar-refractivity contribution in [3.05, 3.63) is 47.6 Å².